The van der Waals surface area contributed by atoms with Gasteiger partial charge in [-0.2, -0.15) is 0 Å². The second-order valence-corrected chi connectivity index (χ2v) is 3.92. The molecule has 0 bridgehead atoms. The van der Waals surface area contributed by atoms with Crippen LogP contribution in [0.3, 0.4) is 0 Å². The van der Waals surface area contributed by atoms with Gasteiger partial charge in [-0.3, -0.25) is 0 Å². The molecule has 0 saturated heterocycles. The standard InChI is InChI=1S/C13H17N3O3/c1-14-7-6-12-15-16-13(19-12)10-8-9(17-2)4-5-11(10)18-3/h4-5,8,14H,6-7H2,1-3H3. The summed E-state index contributed by atoms with van der Waals surface area (Å²) in [4.78, 5) is 0. The third kappa shape index (κ3) is 3.03. The lowest BCUT2D eigenvalue weighted by Crippen LogP contribution is -2.10. The van der Waals surface area contributed by atoms with Crippen LogP contribution in [-0.4, -0.2) is 38.0 Å². The van der Waals surface area contributed by atoms with Crippen LogP contribution in [0.1, 0.15) is 5.89 Å². The van der Waals surface area contributed by atoms with Crippen LogP contribution >= 0.6 is 0 Å². The second kappa shape index (κ2) is 6.19. The topological polar surface area (TPSA) is 69.4 Å². The predicted molar refractivity (Wildman–Crippen MR) is 70.5 cm³/mol. The highest BCUT2D eigenvalue weighted by atomic mass is 16.5. The number of nitrogens with one attached hydrogen (secondary N) is 1. The molecule has 0 fully saturated rings. The number of nitrogens with zero attached hydrogens (tertiary/aromatic N) is 2. The molecule has 0 radical (unpaired) electrons. The molecule has 1 heterocycles. The fourth-order valence-electron chi connectivity index (χ4n) is 1.68. The lowest BCUT2D eigenvalue weighted by molar-refractivity contribution is 0.402. The van der Waals surface area contributed by atoms with Crippen molar-refractivity contribution in [3.05, 3.63) is 24.1 Å². The quantitative estimate of drug-likeness (QED) is 0.852. The van der Waals surface area contributed by atoms with Gasteiger partial charge in [0, 0.05) is 13.0 Å². The number of likely N-dealkylation sites (N-methyl/N-ethyl adjacent to an activating group) is 1. The van der Waals surface area contributed by atoms with Gasteiger partial charge in [-0.15, -0.1) is 10.2 Å². The van der Waals surface area contributed by atoms with Gasteiger partial charge in [0.1, 0.15) is 11.5 Å². The summed E-state index contributed by atoms with van der Waals surface area (Å²) in [5, 5.41) is 11.1. The van der Waals surface area contributed by atoms with Crippen LogP contribution in [0.5, 0.6) is 11.5 Å². The maximum absolute atomic E-state index is 5.62. The minimum atomic E-state index is 0.432. The normalized spacial score (nSPS) is 10.5. The third-order valence-corrected chi connectivity index (χ3v) is 2.69. The van der Waals surface area contributed by atoms with Gasteiger partial charge >= 0.3 is 0 Å². The average molecular weight is 263 g/mol. The molecule has 2 aromatic rings. The predicted octanol–water partition coefficient (Wildman–Crippen LogP) is 1.52. The van der Waals surface area contributed by atoms with Crippen molar-refractivity contribution in [3.63, 3.8) is 0 Å². The number of methoxy groups -OCH3 is 2. The lowest BCUT2D eigenvalue weighted by atomic mass is 10.2. The second-order valence-electron chi connectivity index (χ2n) is 3.92. The van der Waals surface area contributed by atoms with Gasteiger partial charge in [0.15, 0.2) is 0 Å². The fourth-order valence-corrected chi connectivity index (χ4v) is 1.68. The first-order valence-corrected chi connectivity index (χ1v) is 5.98. The molecule has 0 aliphatic carbocycles. The molecule has 0 aliphatic rings. The van der Waals surface area contributed by atoms with E-state index in [4.69, 9.17) is 13.9 Å². The molecule has 0 aliphatic heterocycles. The maximum atomic E-state index is 5.62. The highest BCUT2D eigenvalue weighted by molar-refractivity contribution is 5.64. The van der Waals surface area contributed by atoms with Crippen molar-refractivity contribution in [2.45, 2.75) is 6.42 Å². The summed E-state index contributed by atoms with van der Waals surface area (Å²) < 4.78 is 16.1. The molecule has 0 spiro atoms. The molecule has 6 nitrogen and oxygen atoms in total. The summed E-state index contributed by atoms with van der Waals surface area (Å²) in [6.45, 7) is 0.789. The van der Waals surface area contributed by atoms with Gasteiger partial charge in [0.25, 0.3) is 5.89 Å². The molecule has 1 N–H and O–H groups in total. The number of hydrogen-bond donors (Lipinski definition) is 1. The Hall–Kier alpha value is -2.08. The summed E-state index contributed by atoms with van der Waals surface area (Å²) in [5.74, 6) is 2.41. The van der Waals surface area contributed by atoms with Crippen molar-refractivity contribution in [2.24, 2.45) is 0 Å². The first kappa shape index (κ1) is 13.4. The molecule has 102 valence electrons. The minimum absolute atomic E-state index is 0.432. The Balaban J connectivity index is 2.31. The Kier molecular flexibility index (Phi) is 4.35. The molecule has 0 amide bonds. The van der Waals surface area contributed by atoms with E-state index in [-0.39, 0.29) is 0 Å². The van der Waals surface area contributed by atoms with E-state index >= 15 is 0 Å². The van der Waals surface area contributed by atoms with E-state index in [9.17, 15) is 0 Å². The van der Waals surface area contributed by atoms with Crippen molar-refractivity contribution in [3.8, 4) is 23.0 Å². The van der Waals surface area contributed by atoms with E-state index in [0.717, 1.165) is 12.1 Å². The van der Waals surface area contributed by atoms with Crippen LogP contribution in [-0.2, 0) is 6.42 Å². The summed E-state index contributed by atoms with van der Waals surface area (Å²) in [5.41, 5.74) is 0.727. The van der Waals surface area contributed by atoms with Gasteiger partial charge in [-0.1, -0.05) is 0 Å². The number of hydrogen-bond acceptors (Lipinski definition) is 6. The zero-order chi connectivity index (χ0) is 13.7. The van der Waals surface area contributed by atoms with Gasteiger partial charge in [-0.25, -0.2) is 0 Å². The Morgan fingerprint density at radius 2 is 2.05 bits per heavy atom. The van der Waals surface area contributed by atoms with Crippen LogP contribution in [0.2, 0.25) is 0 Å². The maximum Gasteiger partial charge on any atom is 0.251 e. The van der Waals surface area contributed by atoms with Gasteiger partial charge < -0.3 is 19.2 Å². The number of aromatic nitrogens is 2. The van der Waals surface area contributed by atoms with Crippen LogP contribution in [0, 0.1) is 0 Å². The third-order valence-electron chi connectivity index (χ3n) is 2.69. The zero-order valence-electron chi connectivity index (χ0n) is 11.3. The number of ether oxygens (including phenoxy) is 2. The number of rotatable bonds is 6. The summed E-state index contributed by atoms with van der Waals surface area (Å²) in [6.07, 6.45) is 0.690. The SMILES string of the molecule is CNCCc1nnc(-c2cc(OC)ccc2OC)o1. The van der Waals surface area contributed by atoms with Gasteiger partial charge in [-0.05, 0) is 25.2 Å². The van der Waals surface area contributed by atoms with Crippen molar-refractivity contribution in [2.75, 3.05) is 27.8 Å². The lowest BCUT2D eigenvalue weighted by Gasteiger charge is -2.07. The largest absolute Gasteiger partial charge is 0.497 e. The van der Waals surface area contributed by atoms with E-state index < -0.39 is 0 Å². The molecule has 0 saturated carbocycles. The fraction of sp³-hybridized carbons (Fsp3) is 0.385. The minimum Gasteiger partial charge on any atom is -0.497 e. The van der Waals surface area contributed by atoms with Crippen LogP contribution < -0.4 is 14.8 Å². The van der Waals surface area contributed by atoms with E-state index in [0.29, 0.717) is 29.7 Å². The van der Waals surface area contributed by atoms with Crippen molar-refractivity contribution < 1.29 is 13.9 Å². The van der Waals surface area contributed by atoms with Crippen molar-refractivity contribution >= 4 is 0 Å². The van der Waals surface area contributed by atoms with Crippen LogP contribution in [0.15, 0.2) is 22.6 Å². The molecule has 1 aromatic carbocycles. The highest BCUT2D eigenvalue weighted by Crippen LogP contribution is 2.32. The van der Waals surface area contributed by atoms with Crippen LogP contribution in [0.4, 0.5) is 0 Å². The monoisotopic (exact) mass is 263 g/mol. The number of benzene rings is 1. The molecule has 0 atom stereocenters. The zero-order valence-corrected chi connectivity index (χ0v) is 11.3. The Morgan fingerprint density at radius 3 is 2.74 bits per heavy atom. The highest BCUT2D eigenvalue weighted by Gasteiger charge is 2.14. The van der Waals surface area contributed by atoms with E-state index in [1.807, 2.05) is 25.2 Å². The Morgan fingerprint density at radius 1 is 1.21 bits per heavy atom. The van der Waals surface area contributed by atoms with Crippen molar-refractivity contribution in [1.82, 2.24) is 15.5 Å². The summed E-state index contributed by atoms with van der Waals surface area (Å²) >= 11 is 0. The molecular weight excluding hydrogens is 246 g/mol. The molecule has 6 heteroatoms. The average Bonchev–Trinajstić information content (AvgIpc) is 2.93. The van der Waals surface area contributed by atoms with E-state index in [2.05, 4.69) is 15.5 Å². The molecule has 1 aromatic heterocycles. The van der Waals surface area contributed by atoms with E-state index in [1.165, 1.54) is 0 Å². The molecule has 19 heavy (non-hydrogen) atoms. The first-order chi connectivity index (χ1) is 9.28. The summed E-state index contributed by atoms with van der Waals surface area (Å²) in [6, 6.07) is 5.44. The molecule has 2 rings (SSSR count). The summed E-state index contributed by atoms with van der Waals surface area (Å²) in [7, 11) is 5.09. The Labute approximate surface area is 111 Å². The van der Waals surface area contributed by atoms with Crippen molar-refractivity contribution in [1.29, 1.82) is 0 Å². The first-order valence-electron chi connectivity index (χ1n) is 5.98. The van der Waals surface area contributed by atoms with Crippen LogP contribution in [0.25, 0.3) is 11.5 Å². The van der Waals surface area contributed by atoms with Gasteiger partial charge in [0.05, 0.1) is 19.8 Å². The van der Waals surface area contributed by atoms with E-state index in [1.54, 1.807) is 14.2 Å². The molecule has 0 unspecified atom stereocenters. The van der Waals surface area contributed by atoms with Gasteiger partial charge in [0.2, 0.25) is 5.89 Å². The molecular formula is C13H17N3O3. The Bertz CT molecular complexity index is 540. The smallest absolute Gasteiger partial charge is 0.251 e.